The van der Waals surface area contributed by atoms with Gasteiger partial charge in [-0.3, -0.25) is 14.9 Å². The zero-order chi connectivity index (χ0) is 17.3. The van der Waals surface area contributed by atoms with E-state index in [1.807, 2.05) is 0 Å². The first-order valence-corrected chi connectivity index (χ1v) is 7.51. The number of methoxy groups -OCH3 is 2. The molecule has 0 aliphatic carbocycles. The fourth-order valence-corrected chi connectivity index (χ4v) is 2.90. The molecular weight excluding hydrogens is 330 g/mol. The van der Waals surface area contributed by atoms with E-state index in [0.29, 0.717) is 38.8 Å². The smallest absolute Gasteiger partial charge is 0.258 e. The van der Waals surface area contributed by atoms with Crippen LogP contribution in [0.25, 0.3) is 11.6 Å². The molecule has 24 heavy (non-hydrogen) atoms. The van der Waals surface area contributed by atoms with E-state index in [1.165, 1.54) is 14.2 Å². The van der Waals surface area contributed by atoms with Gasteiger partial charge in [-0.15, -0.1) is 0 Å². The maximum atomic E-state index is 12.2. The number of hydrogen-bond acceptors (Lipinski definition) is 4. The lowest BCUT2D eigenvalue weighted by Gasteiger charge is -2.18. The van der Waals surface area contributed by atoms with E-state index in [1.54, 1.807) is 42.5 Å². The number of fused-ring (bicyclic) bond motifs is 1. The first-order valence-electron chi connectivity index (χ1n) is 7.13. The summed E-state index contributed by atoms with van der Waals surface area (Å²) in [4.78, 5) is 24.2. The van der Waals surface area contributed by atoms with Crippen LogP contribution in [0, 0.1) is 0 Å². The highest BCUT2D eigenvalue weighted by molar-refractivity contribution is 6.34. The number of ether oxygens (including phenoxy) is 2. The molecule has 2 aromatic carbocycles. The van der Waals surface area contributed by atoms with E-state index in [2.05, 4.69) is 5.32 Å². The summed E-state index contributed by atoms with van der Waals surface area (Å²) in [6, 6.07) is 10.3. The monoisotopic (exact) mass is 343 g/mol. The van der Waals surface area contributed by atoms with Crippen molar-refractivity contribution in [3.8, 4) is 11.5 Å². The van der Waals surface area contributed by atoms with Crippen molar-refractivity contribution < 1.29 is 19.1 Å². The number of amides is 2. The maximum Gasteiger partial charge on any atom is 0.258 e. The molecule has 0 spiro atoms. The van der Waals surface area contributed by atoms with Gasteiger partial charge in [0.25, 0.3) is 11.8 Å². The highest BCUT2D eigenvalue weighted by Gasteiger charge is 2.26. The van der Waals surface area contributed by atoms with Crippen molar-refractivity contribution in [2.45, 2.75) is 0 Å². The predicted molar refractivity (Wildman–Crippen MR) is 91.3 cm³/mol. The fraction of sp³-hybridized carbons (Fsp3) is 0.111. The van der Waals surface area contributed by atoms with Crippen LogP contribution >= 0.6 is 11.6 Å². The fourth-order valence-electron chi connectivity index (χ4n) is 2.61. The van der Waals surface area contributed by atoms with Crippen molar-refractivity contribution in [2.75, 3.05) is 14.2 Å². The summed E-state index contributed by atoms with van der Waals surface area (Å²) in [7, 11) is 3.00. The summed E-state index contributed by atoms with van der Waals surface area (Å²) >= 11 is 6.20. The molecule has 0 unspecified atom stereocenters. The van der Waals surface area contributed by atoms with Gasteiger partial charge in [0, 0.05) is 11.1 Å². The number of rotatable bonds is 3. The van der Waals surface area contributed by atoms with E-state index in [-0.39, 0.29) is 0 Å². The number of halogens is 1. The molecule has 0 bridgehead atoms. The number of carbonyl (C=O) groups excluding carboxylic acids is 2. The molecule has 1 heterocycles. The van der Waals surface area contributed by atoms with Crippen molar-refractivity contribution >= 4 is 35.1 Å². The molecule has 122 valence electrons. The molecule has 1 N–H and O–H groups in total. The quantitative estimate of drug-likeness (QED) is 0.686. The molecule has 0 radical (unpaired) electrons. The van der Waals surface area contributed by atoms with Crippen molar-refractivity contribution in [2.24, 2.45) is 0 Å². The highest BCUT2D eigenvalue weighted by atomic mass is 35.5. The topological polar surface area (TPSA) is 64.6 Å². The minimum absolute atomic E-state index is 0.365. The molecule has 0 atom stereocenters. The Hall–Kier alpha value is -2.79. The zero-order valence-corrected chi connectivity index (χ0v) is 13.8. The molecule has 0 saturated heterocycles. The summed E-state index contributed by atoms with van der Waals surface area (Å²) in [5, 5.41) is 2.70. The van der Waals surface area contributed by atoms with E-state index in [9.17, 15) is 9.59 Å². The first-order chi connectivity index (χ1) is 11.5. The summed E-state index contributed by atoms with van der Waals surface area (Å²) < 4.78 is 10.5. The second kappa shape index (κ2) is 6.37. The Morgan fingerprint density at radius 3 is 2.38 bits per heavy atom. The van der Waals surface area contributed by atoms with Gasteiger partial charge in [0.15, 0.2) is 11.5 Å². The number of imide groups is 1. The highest BCUT2D eigenvalue weighted by Crippen LogP contribution is 2.37. The number of benzene rings is 2. The largest absolute Gasteiger partial charge is 0.493 e. The normalized spacial score (nSPS) is 15.0. The molecule has 2 amide bonds. The average Bonchev–Trinajstić information content (AvgIpc) is 2.58. The lowest BCUT2D eigenvalue weighted by molar-refractivity contribution is -0.114. The van der Waals surface area contributed by atoms with Gasteiger partial charge >= 0.3 is 0 Å². The molecule has 0 saturated carbocycles. The molecule has 3 rings (SSSR count). The van der Waals surface area contributed by atoms with Crippen LogP contribution in [0.5, 0.6) is 11.5 Å². The van der Waals surface area contributed by atoms with Crippen molar-refractivity contribution in [1.82, 2.24) is 5.32 Å². The Morgan fingerprint density at radius 2 is 1.71 bits per heavy atom. The Labute approximate surface area is 143 Å². The number of nitrogens with one attached hydrogen (secondary N) is 1. The third-order valence-corrected chi connectivity index (χ3v) is 3.98. The molecule has 5 nitrogen and oxygen atoms in total. The molecular formula is C18H14ClNO4. The van der Waals surface area contributed by atoms with E-state index in [0.717, 1.165) is 0 Å². The molecule has 2 aromatic rings. The van der Waals surface area contributed by atoms with Gasteiger partial charge < -0.3 is 9.47 Å². The first kappa shape index (κ1) is 16.1. The van der Waals surface area contributed by atoms with Gasteiger partial charge in [0.05, 0.1) is 19.2 Å². The SMILES string of the molecule is COc1cc(C=C2C(=O)NC(=O)c3ccccc32)cc(Cl)c1OC. The molecule has 1 aliphatic heterocycles. The van der Waals surface area contributed by atoms with E-state index >= 15 is 0 Å². The zero-order valence-electron chi connectivity index (χ0n) is 13.1. The summed E-state index contributed by atoms with van der Waals surface area (Å²) in [5.41, 5.74) is 2.08. The Balaban J connectivity index is 2.15. The molecule has 6 heteroatoms. The van der Waals surface area contributed by atoms with Gasteiger partial charge in [-0.05, 0) is 35.4 Å². The van der Waals surface area contributed by atoms with Crippen molar-refractivity contribution in [1.29, 1.82) is 0 Å². The summed E-state index contributed by atoms with van der Waals surface area (Å²) in [6.45, 7) is 0. The standard InChI is InChI=1S/C18H14ClNO4/c1-23-15-9-10(8-14(19)16(15)24-2)7-13-11-5-3-4-6-12(11)17(21)20-18(13)22/h3-9H,1-2H3,(H,20,21,22). The molecule has 0 aromatic heterocycles. The van der Waals surface area contributed by atoms with Crippen LogP contribution in [0.4, 0.5) is 0 Å². The lowest BCUT2D eigenvalue weighted by atomic mass is 9.93. The average molecular weight is 344 g/mol. The van der Waals surface area contributed by atoms with Gasteiger partial charge in [0.2, 0.25) is 0 Å². The third-order valence-electron chi connectivity index (χ3n) is 3.70. The van der Waals surface area contributed by atoms with Crippen LogP contribution in [0.15, 0.2) is 36.4 Å². The van der Waals surface area contributed by atoms with Crippen LogP contribution in [-0.4, -0.2) is 26.0 Å². The maximum absolute atomic E-state index is 12.2. The van der Waals surface area contributed by atoms with Crippen LogP contribution in [0.2, 0.25) is 5.02 Å². The van der Waals surface area contributed by atoms with Gasteiger partial charge in [-0.1, -0.05) is 29.8 Å². The summed E-state index contributed by atoms with van der Waals surface area (Å²) in [6.07, 6.45) is 1.66. The van der Waals surface area contributed by atoms with Crippen molar-refractivity contribution in [3.63, 3.8) is 0 Å². The van der Waals surface area contributed by atoms with Crippen molar-refractivity contribution in [3.05, 3.63) is 58.1 Å². The van der Waals surface area contributed by atoms with E-state index in [4.69, 9.17) is 21.1 Å². The second-order valence-corrected chi connectivity index (χ2v) is 5.53. The van der Waals surface area contributed by atoms with Crippen LogP contribution in [0.3, 0.4) is 0 Å². The lowest BCUT2D eigenvalue weighted by Crippen LogP contribution is -2.36. The van der Waals surface area contributed by atoms with Crippen LogP contribution in [-0.2, 0) is 4.79 Å². The summed E-state index contributed by atoms with van der Waals surface area (Å²) in [5.74, 6) is 0.0186. The minimum Gasteiger partial charge on any atom is -0.493 e. The minimum atomic E-state index is -0.454. The van der Waals surface area contributed by atoms with Gasteiger partial charge in [-0.25, -0.2) is 0 Å². The van der Waals surface area contributed by atoms with Crippen LogP contribution < -0.4 is 14.8 Å². The van der Waals surface area contributed by atoms with Gasteiger partial charge in [0.1, 0.15) is 0 Å². The molecule has 1 aliphatic rings. The van der Waals surface area contributed by atoms with Crippen LogP contribution in [0.1, 0.15) is 21.5 Å². The Morgan fingerprint density at radius 1 is 1.00 bits per heavy atom. The molecule has 0 fully saturated rings. The number of hydrogen-bond donors (Lipinski definition) is 1. The second-order valence-electron chi connectivity index (χ2n) is 5.13. The van der Waals surface area contributed by atoms with Gasteiger partial charge in [-0.2, -0.15) is 0 Å². The predicted octanol–water partition coefficient (Wildman–Crippen LogP) is 3.17. The number of carbonyl (C=O) groups is 2. The van der Waals surface area contributed by atoms with E-state index < -0.39 is 11.8 Å². The third kappa shape index (κ3) is 2.74. The Kier molecular flexibility index (Phi) is 4.27. The Bertz CT molecular complexity index is 873.